The van der Waals surface area contributed by atoms with Crippen molar-refractivity contribution >= 4 is 17.0 Å². The lowest BCUT2D eigenvalue weighted by molar-refractivity contribution is -0.382. The van der Waals surface area contributed by atoms with Crippen LogP contribution in [0.25, 0.3) is 5.52 Å². The third-order valence-corrected chi connectivity index (χ3v) is 3.31. The lowest BCUT2D eigenvalue weighted by atomic mass is 10.3. The van der Waals surface area contributed by atoms with E-state index < -0.39 is 0 Å². The van der Waals surface area contributed by atoms with Crippen LogP contribution >= 0.6 is 0 Å². The van der Waals surface area contributed by atoms with Gasteiger partial charge in [0.1, 0.15) is 5.52 Å². The average molecular weight is 277 g/mol. The Balaban J connectivity index is 2.17. The third-order valence-electron chi connectivity index (χ3n) is 3.31. The zero-order valence-electron chi connectivity index (χ0n) is 11.7. The van der Waals surface area contributed by atoms with Crippen LogP contribution in [0.4, 0.5) is 11.5 Å². The molecule has 2 heterocycles. The van der Waals surface area contributed by atoms with Gasteiger partial charge in [0.25, 0.3) is 0 Å². The highest BCUT2D eigenvalue weighted by Gasteiger charge is 2.22. The van der Waals surface area contributed by atoms with Crippen LogP contribution in [0.2, 0.25) is 0 Å². The predicted octanol–water partition coefficient (Wildman–Crippen LogP) is 2.00. The third kappa shape index (κ3) is 2.88. The summed E-state index contributed by atoms with van der Waals surface area (Å²) < 4.78 is 1.53. The van der Waals surface area contributed by atoms with Crippen molar-refractivity contribution in [3.05, 3.63) is 34.5 Å². The molecule has 20 heavy (non-hydrogen) atoms. The monoisotopic (exact) mass is 277 g/mol. The van der Waals surface area contributed by atoms with Gasteiger partial charge in [0, 0.05) is 19.3 Å². The molecule has 0 amide bonds. The van der Waals surface area contributed by atoms with Crippen LogP contribution in [0.5, 0.6) is 0 Å². The van der Waals surface area contributed by atoms with Crippen LogP contribution < -0.4 is 5.32 Å². The molecular formula is C13H19N5O2. The normalized spacial score (nSPS) is 11.2. The summed E-state index contributed by atoms with van der Waals surface area (Å²) in [6, 6.07) is 5.26. The van der Waals surface area contributed by atoms with E-state index in [4.69, 9.17) is 0 Å². The van der Waals surface area contributed by atoms with E-state index in [1.165, 1.54) is 4.52 Å². The Kier molecular flexibility index (Phi) is 4.52. The standard InChI is InChI=1S/C13H19N5O2/c1-3-16(4-2)10-8-14-13-12(18(19)20)11-7-5-6-9-17(11)15-13/h5-7,9H,3-4,8,10H2,1-2H3,(H,14,15). The van der Waals surface area contributed by atoms with Crippen molar-refractivity contribution in [1.29, 1.82) is 0 Å². The number of likely N-dealkylation sites (N-methyl/N-ethyl adjacent to an activating group) is 1. The van der Waals surface area contributed by atoms with E-state index in [-0.39, 0.29) is 10.6 Å². The second-order valence-corrected chi connectivity index (χ2v) is 4.44. The predicted molar refractivity (Wildman–Crippen MR) is 78.1 cm³/mol. The molecular weight excluding hydrogens is 258 g/mol. The average Bonchev–Trinajstić information content (AvgIpc) is 2.82. The van der Waals surface area contributed by atoms with Crippen LogP contribution in [-0.4, -0.2) is 45.6 Å². The quantitative estimate of drug-likeness (QED) is 0.618. The van der Waals surface area contributed by atoms with E-state index in [9.17, 15) is 10.1 Å². The lowest BCUT2D eigenvalue weighted by Gasteiger charge is -2.17. The number of pyridine rings is 1. The molecule has 7 heteroatoms. The Morgan fingerprint density at radius 3 is 2.80 bits per heavy atom. The molecule has 0 fully saturated rings. The first-order chi connectivity index (χ1) is 9.67. The number of hydrogen-bond acceptors (Lipinski definition) is 5. The molecule has 0 atom stereocenters. The minimum Gasteiger partial charge on any atom is -0.362 e. The summed E-state index contributed by atoms with van der Waals surface area (Å²) in [5.74, 6) is 0.327. The number of hydrogen-bond donors (Lipinski definition) is 1. The summed E-state index contributed by atoms with van der Waals surface area (Å²) in [4.78, 5) is 13.1. The van der Waals surface area contributed by atoms with Crippen LogP contribution in [0.3, 0.4) is 0 Å². The largest absolute Gasteiger partial charge is 0.362 e. The topological polar surface area (TPSA) is 75.7 Å². The number of nitrogens with zero attached hydrogens (tertiary/aromatic N) is 4. The zero-order valence-corrected chi connectivity index (χ0v) is 11.7. The van der Waals surface area contributed by atoms with Gasteiger partial charge in [-0.1, -0.05) is 19.9 Å². The van der Waals surface area contributed by atoms with Crippen molar-refractivity contribution in [3.8, 4) is 0 Å². The summed E-state index contributed by atoms with van der Waals surface area (Å²) in [7, 11) is 0. The van der Waals surface area contributed by atoms with E-state index >= 15 is 0 Å². The molecule has 1 N–H and O–H groups in total. The van der Waals surface area contributed by atoms with Crippen molar-refractivity contribution < 1.29 is 4.92 Å². The van der Waals surface area contributed by atoms with Gasteiger partial charge in [0.15, 0.2) is 0 Å². The number of nitrogens with one attached hydrogen (secondary N) is 1. The van der Waals surface area contributed by atoms with Crippen LogP contribution in [0, 0.1) is 10.1 Å². The molecule has 7 nitrogen and oxygen atoms in total. The molecule has 2 rings (SSSR count). The second-order valence-electron chi connectivity index (χ2n) is 4.44. The molecule has 0 saturated carbocycles. The SMILES string of the molecule is CCN(CC)CCNc1nn2ccccc2c1[N+](=O)[O-]. The van der Waals surface area contributed by atoms with E-state index in [0.717, 1.165) is 19.6 Å². The van der Waals surface area contributed by atoms with E-state index in [2.05, 4.69) is 29.2 Å². The minimum absolute atomic E-state index is 0.0325. The van der Waals surface area contributed by atoms with Crippen molar-refractivity contribution in [2.75, 3.05) is 31.5 Å². The summed E-state index contributed by atoms with van der Waals surface area (Å²) in [6.07, 6.45) is 1.71. The summed E-state index contributed by atoms with van der Waals surface area (Å²) in [5.41, 5.74) is 0.535. The highest BCUT2D eigenvalue weighted by Crippen LogP contribution is 2.28. The molecule has 0 radical (unpaired) electrons. The molecule has 108 valence electrons. The van der Waals surface area contributed by atoms with Crippen LogP contribution in [0.1, 0.15) is 13.8 Å². The molecule has 0 aliphatic rings. The van der Waals surface area contributed by atoms with E-state index in [1.54, 1.807) is 24.4 Å². The number of fused-ring (bicyclic) bond motifs is 1. The summed E-state index contributed by atoms with van der Waals surface area (Å²) in [6.45, 7) is 7.58. The maximum absolute atomic E-state index is 11.2. The molecule has 2 aromatic rings. The van der Waals surface area contributed by atoms with Gasteiger partial charge in [-0.15, -0.1) is 5.10 Å². The van der Waals surface area contributed by atoms with Gasteiger partial charge in [-0.2, -0.15) is 0 Å². The Morgan fingerprint density at radius 1 is 1.40 bits per heavy atom. The highest BCUT2D eigenvalue weighted by atomic mass is 16.6. The molecule has 0 saturated heterocycles. The minimum atomic E-state index is -0.387. The van der Waals surface area contributed by atoms with Crippen molar-refractivity contribution in [1.82, 2.24) is 14.5 Å². The van der Waals surface area contributed by atoms with Gasteiger partial charge in [-0.25, -0.2) is 4.52 Å². The molecule has 2 aromatic heterocycles. The lowest BCUT2D eigenvalue weighted by Crippen LogP contribution is -2.28. The number of aromatic nitrogens is 2. The van der Waals surface area contributed by atoms with Crippen molar-refractivity contribution in [2.45, 2.75) is 13.8 Å². The Bertz CT molecular complexity index is 591. The maximum Gasteiger partial charge on any atom is 0.338 e. The molecule has 0 spiro atoms. The fourth-order valence-corrected chi connectivity index (χ4v) is 2.16. The molecule has 0 aliphatic carbocycles. The Labute approximate surface area is 117 Å². The maximum atomic E-state index is 11.2. The molecule has 0 aliphatic heterocycles. The van der Waals surface area contributed by atoms with Gasteiger partial charge in [-0.05, 0) is 25.2 Å². The molecule has 0 aromatic carbocycles. The smallest absolute Gasteiger partial charge is 0.338 e. The van der Waals surface area contributed by atoms with Crippen molar-refractivity contribution in [2.24, 2.45) is 0 Å². The first-order valence-electron chi connectivity index (χ1n) is 6.75. The van der Waals surface area contributed by atoms with Crippen LogP contribution in [0.15, 0.2) is 24.4 Å². The van der Waals surface area contributed by atoms with Gasteiger partial charge in [0.2, 0.25) is 5.82 Å². The fraction of sp³-hybridized carbons (Fsp3) is 0.462. The van der Waals surface area contributed by atoms with E-state index in [1.807, 2.05) is 0 Å². The summed E-state index contributed by atoms with van der Waals surface area (Å²) >= 11 is 0. The highest BCUT2D eigenvalue weighted by molar-refractivity contribution is 5.76. The number of nitro groups is 1. The zero-order chi connectivity index (χ0) is 14.5. The first kappa shape index (κ1) is 14.3. The number of rotatable bonds is 7. The van der Waals surface area contributed by atoms with Gasteiger partial charge in [-0.3, -0.25) is 10.1 Å². The first-order valence-corrected chi connectivity index (χ1v) is 6.75. The van der Waals surface area contributed by atoms with Gasteiger partial charge < -0.3 is 10.2 Å². The second kappa shape index (κ2) is 6.33. The fourth-order valence-electron chi connectivity index (χ4n) is 2.16. The summed E-state index contributed by atoms with van der Waals surface area (Å²) in [5, 5.41) is 18.5. The van der Waals surface area contributed by atoms with E-state index in [0.29, 0.717) is 17.9 Å². The Hall–Kier alpha value is -2.15. The van der Waals surface area contributed by atoms with Crippen LogP contribution in [-0.2, 0) is 0 Å². The van der Waals surface area contributed by atoms with Crippen molar-refractivity contribution in [3.63, 3.8) is 0 Å². The Morgan fingerprint density at radius 2 is 2.15 bits per heavy atom. The van der Waals surface area contributed by atoms with Gasteiger partial charge >= 0.3 is 5.69 Å². The molecule has 0 bridgehead atoms. The number of anilines is 1. The van der Waals surface area contributed by atoms with Gasteiger partial charge in [0.05, 0.1) is 4.92 Å². The molecule has 0 unspecified atom stereocenters.